The predicted octanol–water partition coefficient (Wildman–Crippen LogP) is 3.18. The predicted molar refractivity (Wildman–Crippen MR) is 95.7 cm³/mol. The van der Waals surface area contributed by atoms with Crippen molar-refractivity contribution >= 4 is 12.0 Å². The molecule has 0 bridgehead atoms. The van der Waals surface area contributed by atoms with Crippen molar-refractivity contribution in [2.24, 2.45) is 0 Å². The highest BCUT2D eigenvalue weighted by atomic mass is 16.5. The molecular formula is C20H18N2O3. The summed E-state index contributed by atoms with van der Waals surface area (Å²) in [7, 11) is 1.47. The second-order valence-electron chi connectivity index (χ2n) is 5.15. The number of rotatable bonds is 6. The topological polar surface area (TPSA) is 82.3 Å². The smallest absolute Gasteiger partial charge is 0.262 e. The van der Waals surface area contributed by atoms with Crippen molar-refractivity contribution in [3.63, 3.8) is 0 Å². The van der Waals surface area contributed by atoms with Gasteiger partial charge < -0.3 is 15.2 Å². The molecule has 0 aliphatic carbocycles. The van der Waals surface area contributed by atoms with Crippen LogP contribution in [0.4, 0.5) is 0 Å². The molecule has 0 spiro atoms. The third-order valence-corrected chi connectivity index (χ3v) is 3.42. The molecule has 0 aromatic heterocycles. The highest BCUT2D eigenvalue weighted by Gasteiger charge is 2.07. The fraction of sp³-hybridized carbons (Fsp3) is 0.100. The Morgan fingerprint density at radius 3 is 2.72 bits per heavy atom. The first-order chi connectivity index (χ1) is 12.1. The average molecular weight is 334 g/mol. The van der Waals surface area contributed by atoms with Crippen molar-refractivity contribution in [3.05, 3.63) is 77.4 Å². The number of nitrogens with one attached hydrogen (secondary N) is 1. The monoisotopic (exact) mass is 334 g/mol. The molecule has 0 unspecified atom stereocenters. The van der Waals surface area contributed by atoms with Gasteiger partial charge in [0, 0.05) is 6.54 Å². The van der Waals surface area contributed by atoms with Crippen molar-refractivity contribution in [1.82, 2.24) is 5.32 Å². The quantitative estimate of drug-likeness (QED) is 0.483. The number of phenolic OH excluding ortho intramolecular Hbond substituents is 1. The normalized spacial score (nSPS) is 11.1. The highest BCUT2D eigenvalue weighted by molar-refractivity contribution is 5.97. The molecule has 25 heavy (non-hydrogen) atoms. The second kappa shape index (κ2) is 8.94. The number of ether oxygens (including phenoxy) is 1. The van der Waals surface area contributed by atoms with E-state index in [2.05, 4.69) is 5.32 Å². The van der Waals surface area contributed by atoms with Crippen LogP contribution < -0.4 is 10.1 Å². The zero-order chi connectivity index (χ0) is 18.1. The van der Waals surface area contributed by atoms with Crippen LogP contribution in [0.2, 0.25) is 0 Å². The van der Waals surface area contributed by atoms with Crippen LogP contribution in [0.5, 0.6) is 11.5 Å². The summed E-state index contributed by atoms with van der Waals surface area (Å²) >= 11 is 0. The Kier molecular flexibility index (Phi) is 6.38. The molecule has 0 saturated heterocycles. The molecule has 2 rings (SSSR count). The molecule has 2 N–H and O–H groups in total. The van der Waals surface area contributed by atoms with Gasteiger partial charge in [-0.2, -0.15) is 5.26 Å². The number of carbonyl (C=O) groups is 1. The highest BCUT2D eigenvalue weighted by Crippen LogP contribution is 2.26. The SMILES string of the molecule is COc1cc(C=CC=C(C#N)C(=O)NCc2ccccc2)ccc1O. The van der Waals surface area contributed by atoms with E-state index in [1.807, 2.05) is 36.4 Å². The number of hydrogen-bond acceptors (Lipinski definition) is 4. The van der Waals surface area contributed by atoms with Crippen LogP contribution in [0, 0.1) is 11.3 Å². The van der Waals surface area contributed by atoms with E-state index >= 15 is 0 Å². The van der Waals surface area contributed by atoms with Gasteiger partial charge in [-0.15, -0.1) is 0 Å². The standard InChI is InChI=1S/C20H18N2O3/c1-25-19-12-15(10-11-18(19)23)8-5-9-17(13-21)20(24)22-14-16-6-3-2-4-7-16/h2-12,23H,14H2,1H3,(H,22,24). The Labute approximate surface area is 146 Å². The third kappa shape index (κ3) is 5.26. The van der Waals surface area contributed by atoms with E-state index in [0.717, 1.165) is 11.1 Å². The number of nitrogens with zero attached hydrogens (tertiary/aromatic N) is 1. The van der Waals surface area contributed by atoms with E-state index in [0.29, 0.717) is 12.3 Å². The molecule has 2 aromatic carbocycles. The molecule has 0 radical (unpaired) electrons. The summed E-state index contributed by atoms with van der Waals surface area (Å²) in [4.78, 5) is 12.0. The Hall–Kier alpha value is -3.52. The molecule has 0 aliphatic heterocycles. The Balaban J connectivity index is 2.01. The molecule has 5 nitrogen and oxygen atoms in total. The lowest BCUT2D eigenvalue weighted by atomic mass is 10.1. The minimum Gasteiger partial charge on any atom is -0.504 e. The van der Waals surface area contributed by atoms with Crippen LogP contribution in [0.25, 0.3) is 6.08 Å². The molecule has 0 atom stereocenters. The van der Waals surface area contributed by atoms with Crippen LogP contribution in [-0.4, -0.2) is 18.1 Å². The molecule has 1 amide bonds. The van der Waals surface area contributed by atoms with Crippen molar-refractivity contribution in [1.29, 1.82) is 5.26 Å². The number of carbonyl (C=O) groups excluding carboxylic acids is 1. The van der Waals surface area contributed by atoms with Gasteiger partial charge in [0.1, 0.15) is 11.6 Å². The summed E-state index contributed by atoms with van der Waals surface area (Å²) in [6, 6.07) is 16.2. The van der Waals surface area contributed by atoms with E-state index in [4.69, 9.17) is 10.00 Å². The van der Waals surface area contributed by atoms with Crippen LogP contribution in [0.15, 0.2) is 66.3 Å². The molecule has 126 valence electrons. The maximum Gasteiger partial charge on any atom is 0.262 e. The maximum absolute atomic E-state index is 12.0. The minimum atomic E-state index is -0.431. The van der Waals surface area contributed by atoms with Crippen LogP contribution in [-0.2, 0) is 11.3 Å². The number of phenols is 1. The largest absolute Gasteiger partial charge is 0.504 e. The lowest BCUT2D eigenvalue weighted by Crippen LogP contribution is -2.23. The summed E-state index contributed by atoms with van der Waals surface area (Å²) < 4.78 is 5.03. The summed E-state index contributed by atoms with van der Waals surface area (Å²) in [5, 5.41) is 21.4. The Bertz CT molecular complexity index is 834. The molecule has 0 saturated carbocycles. The van der Waals surface area contributed by atoms with Gasteiger partial charge in [0.2, 0.25) is 0 Å². The number of nitriles is 1. The van der Waals surface area contributed by atoms with Crippen LogP contribution in [0.3, 0.4) is 0 Å². The van der Waals surface area contributed by atoms with Crippen LogP contribution in [0.1, 0.15) is 11.1 Å². The molecule has 0 heterocycles. The van der Waals surface area contributed by atoms with Crippen molar-refractivity contribution < 1.29 is 14.6 Å². The first-order valence-corrected chi connectivity index (χ1v) is 7.61. The Morgan fingerprint density at radius 2 is 2.04 bits per heavy atom. The van der Waals surface area contributed by atoms with Crippen molar-refractivity contribution in [2.45, 2.75) is 6.54 Å². The van der Waals surface area contributed by atoms with Gasteiger partial charge in [-0.3, -0.25) is 4.79 Å². The Morgan fingerprint density at radius 1 is 1.28 bits per heavy atom. The number of methoxy groups -OCH3 is 1. The number of aromatic hydroxyl groups is 1. The number of benzene rings is 2. The number of amides is 1. The van der Waals surface area contributed by atoms with E-state index < -0.39 is 5.91 Å². The van der Waals surface area contributed by atoms with Gasteiger partial charge >= 0.3 is 0 Å². The lowest BCUT2D eigenvalue weighted by Gasteiger charge is -2.04. The van der Waals surface area contributed by atoms with Gasteiger partial charge in [0.05, 0.1) is 7.11 Å². The fourth-order valence-electron chi connectivity index (χ4n) is 2.09. The third-order valence-electron chi connectivity index (χ3n) is 3.42. The zero-order valence-corrected chi connectivity index (χ0v) is 13.8. The summed E-state index contributed by atoms with van der Waals surface area (Å²) in [5.41, 5.74) is 1.74. The fourth-order valence-corrected chi connectivity index (χ4v) is 2.09. The van der Waals surface area contributed by atoms with Gasteiger partial charge in [0.15, 0.2) is 11.5 Å². The summed E-state index contributed by atoms with van der Waals surface area (Å²) in [6.07, 6.45) is 4.76. The van der Waals surface area contributed by atoms with E-state index in [9.17, 15) is 9.90 Å². The first kappa shape index (κ1) is 17.8. The maximum atomic E-state index is 12.0. The molecule has 0 aliphatic rings. The van der Waals surface area contributed by atoms with Crippen molar-refractivity contribution in [3.8, 4) is 17.6 Å². The minimum absolute atomic E-state index is 0.0120. The molecule has 5 heteroatoms. The second-order valence-corrected chi connectivity index (χ2v) is 5.15. The average Bonchev–Trinajstić information content (AvgIpc) is 2.65. The molecule has 2 aromatic rings. The molecule has 0 fully saturated rings. The van der Waals surface area contributed by atoms with Crippen LogP contribution >= 0.6 is 0 Å². The number of hydrogen-bond donors (Lipinski definition) is 2. The summed E-state index contributed by atoms with van der Waals surface area (Å²) in [5.74, 6) is -0.0280. The number of allylic oxidation sites excluding steroid dienone is 2. The van der Waals surface area contributed by atoms with Gasteiger partial charge in [-0.05, 0) is 29.3 Å². The van der Waals surface area contributed by atoms with Gasteiger partial charge in [-0.25, -0.2) is 0 Å². The van der Waals surface area contributed by atoms with E-state index in [1.54, 1.807) is 24.3 Å². The zero-order valence-electron chi connectivity index (χ0n) is 13.8. The first-order valence-electron chi connectivity index (χ1n) is 7.61. The van der Waals surface area contributed by atoms with Gasteiger partial charge in [-0.1, -0.05) is 48.6 Å². The van der Waals surface area contributed by atoms with E-state index in [1.165, 1.54) is 19.3 Å². The van der Waals surface area contributed by atoms with Gasteiger partial charge in [0.25, 0.3) is 5.91 Å². The van der Waals surface area contributed by atoms with E-state index in [-0.39, 0.29) is 11.3 Å². The van der Waals surface area contributed by atoms with Crippen molar-refractivity contribution in [2.75, 3.05) is 7.11 Å². The molecular weight excluding hydrogens is 316 g/mol. The summed E-state index contributed by atoms with van der Waals surface area (Å²) in [6.45, 7) is 0.359. The lowest BCUT2D eigenvalue weighted by molar-refractivity contribution is -0.117.